The van der Waals surface area contributed by atoms with E-state index in [0.29, 0.717) is 0 Å². The molecule has 0 aliphatic carbocycles. The molecule has 0 radical (unpaired) electrons. The van der Waals surface area contributed by atoms with Crippen LogP contribution in [0.25, 0.3) is 0 Å². The maximum atomic E-state index is 3.63. The highest BCUT2D eigenvalue weighted by Crippen LogP contribution is 2.21. The highest BCUT2D eigenvalue weighted by molar-refractivity contribution is 9.10. The van der Waals surface area contributed by atoms with Crippen molar-refractivity contribution in [3.63, 3.8) is 0 Å². The molecule has 1 fully saturated rings. The van der Waals surface area contributed by atoms with Gasteiger partial charge in [-0.15, -0.1) is 0 Å². The first-order valence-electron chi connectivity index (χ1n) is 6.21. The fourth-order valence-corrected chi connectivity index (χ4v) is 2.76. The molecule has 2 rings (SSSR count). The summed E-state index contributed by atoms with van der Waals surface area (Å²) in [7, 11) is 0. The van der Waals surface area contributed by atoms with E-state index in [0.717, 1.165) is 12.5 Å². The van der Waals surface area contributed by atoms with Crippen LogP contribution >= 0.6 is 15.9 Å². The molecule has 1 nitrogen and oxygen atoms in total. The number of nitrogens with zero attached hydrogens (tertiary/aromatic N) is 1. The maximum absolute atomic E-state index is 3.63. The van der Waals surface area contributed by atoms with Crippen LogP contribution in [0.4, 0.5) is 0 Å². The second kappa shape index (κ2) is 5.83. The van der Waals surface area contributed by atoms with Crippen LogP contribution in [0, 0.1) is 5.92 Å². The smallest absolute Gasteiger partial charge is 0.0244 e. The van der Waals surface area contributed by atoms with Crippen molar-refractivity contribution in [2.45, 2.75) is 32.7 Å². The van der Waals surface area contributed by atoms with Gasteiger partial charge >= 0.3 is 0 Å². The molecule has 16 heavy (non-hydrogen) atoms. The van der Waals surface area contributed by atoms with Gasteiger partial charge in [0.15, 0.2) is 0 Å². The second-order valence-electron chi connectivity index (χ2n) is 4.90. The largest absolute Gasteiger partial charge is 0.299 e. The Labute approximate surface area is 107 Å². The predicted octanol–water partition coefficient (Wildman–Crippen LogP) is 4.07. The fourth-order valence-electron chi connectivity index (χ4n) is 2.35. The van der Waals surface area contributed by atoms with Crippen LogP contribution in [0.5, 0.6) is 0 Å². The van der Waals surface area contributed by atoms with Gasteiger partial charge in [-0.05, 0) is 49.9 Å². The molecule has 0 aromatic heterocycles. The molecule has 0 saturated carbocycles. The zero-order valence-electron chi connectivity index (χ0n) is 9.95. The standard InChI is InChI=1S/C14H20BrN/c1-12-5-4-9-16(10-8-12)11-13-6-2-3-7-14(13)15/h2-3,6-7,12H,4-5,8-11H2,1H3. The minimum atomic E-state index is 0.907. The van der Waals surface area contributed by atoms with Crippen LogP contribution in [0.2, 0.25) is 0 Å². The third-order valence-corrected chi connectivity index (χ3v) is 4.23. The van der Waals surface area contributed by atoms with Gasteiger partial charge in [0.1, 0.15) is 0 Å². The third kappa shape index (κ3) is 3.33. The minimum absolute atomic E-state index is 0.907. The van der Waals surface area contributed by atoms with Crippen LogP contribution in [0.3, 0.4) is 0 Å². The van der Waals surface area contributed by atoms with E-state index >= 15 is 0 Å². The molecule has 0 amide bonds. The van der Waals surface area contributed by atoms with Gasteiger partial charge in [0.05, 0.1) is 0 Å². The van der Waals surface area contributed by atoms with Crippen molar-refractivity contribution < 1.29 is 0 Å². The van der Waals surface area contributed by atoms with Crippen molar-refractivity contribution in [1.29, 1.82) is 0 Å². The Bertz CT molecular complexity index is 337. The molecule has 1 heterocycles. The highest BCUT2D eigenvalue weighted by atomic mass is 79.9. The highest BCUT2D eigenvalue weighted by Gasteiger charge is 2.14. The molecule has 1 aromatic rings. The van der Waals surface area contributed by atoms with Crippen LogP contribution in [0.15, 0.2) is 28.7 Å². The first-order valence-corrected chi connectivity index (χ1v) is 7.01. The van der Waals surface area contributed by atoms with Gasteiger partial charge in [0.25, 0.3) is 0 Å². The lowest BCUT2D eigenvalue weighted by molar-refractivity contribution is 0.273. The zero-order valence-corrected chi connectivity index (χ0v) is 11.5. The summed E-state index contributed by atoms with van der Waals surface area (Å²) < 4.78 is 1.24. The Balaban J connectivity index is 1.96. The molecule has 88 valence electrons. The Hall–Kier alpha value is -0.340. The number of benzene rings is 1. The molecular formula is C14H20BrN. The van der Waals surface area contributed by atoms with Crippen LogP contribution in [0.1, 0.15) is 31.7 Å². The van der Waals surface area contributed by atoms with E-state index in [9.17, 15) is 0 Å². The molecule has 0 N–H and O–H groups in total. The van der Waals surface area contributed by atoms with Crippen molar-refractivity contribution in [1.82, 2.24) is 4.90 Å². The summed E-state index contributed by atoms with van der Waals surface area (Å²) in [6.45, 7) is 5.98. The minimum Gasteiger partial charge on any atom is -0.299 e. The summed E-state index contributed by atoms with van der Waals surface area (Å²) in [6.07, 6.45) is 4.10. The molecule has 1 aromatic carbocycles. The van der Waals surface area contributed by atoms with Crippen molar-refractivity contribution >= 4 is 15.9 Å². The Morgan fingerprint density at radius 3 is 2.88 bits per heavy atom. The monoisotopic (exact) mass is 281 g/mol. The van der Waals surface area contributed by atoms with E-state index in [1.165, 1.54) is 42.4 Å². The summed E-state index contributed by atoms with van der Waals surface area (Å²) in [5.41, 5.74) is 1.41. The molecule has 1 atom stereocenters. The number of hydrogen-bond donors (Lipinski definition) is 0. The molecule has 2 heteroatoms. The number of halogens is 1. The molecule has 1 aliphatic heterocycles. The van der Waals surface area contributed by atoms with Gasteiger partial charge in [-0.2, -0.15) is 0 Å². The van der Waals surface area contributed by atoms with Crippen molar-refractivity contribution in [3.05, 3.63) is 34.3 Å². The predicted molar refractivity (Wildman–Crippen MR) is 72.4 cm³/mol. The van der Waals surface area contributed by atoms with Crippen molar-refractivity contribution in [2.75, 3.05) is 13.1 Å². The van der Waals surface area contributed by atoms with Gasteiger partial charge < -0.3 is 0 Å². The maximum Gasteiger partial charge on any atom is 0.0244 e. The van der Waals surface area contributed by atoms with Gasteiger partial charge in [-0.3, -0.25) is 4.90 Å². The van der Waals surface area contributed by atoms with Gasteiger partial charge in [-0.25, -0.2) is 0 Å². The number of rotatable bonds is 2. The number of likely N-dealkylation sites (tertiary alicyclic amines) is 1. The lowest BCUT2D eigenvalue weighted by Crippen LogP contribution is -2.24. The van der Waals surface area contributed by atoms with E-state index in [1.807, 2.05) is 0 Å². The van der Waals surface area contributed by atoms with Crippen LogP contribution in [-0.2, 0) is 6.54 Å². The Morgan fingerprint density at radius 2 is 2.06 bits per heavy atom. The lowest BCUT2D eigenvalue weighted by Gasteiger charge is -2.20. The molecule has 1 saturated heterocycles. The average Bonchev–Trinajstić information content (AvgIpc) is 2.47. The van der Waals surface area contributed by atoms with E-state index in [2.05, 4.69) is 52.0 Å². The first-order chi connectivity index (χ1) is 7.75. The lowest BCUT2D eigenvalue weighted by atomic mass is 10.0. The summed E-state index contributed by atoms with van der Waals surface area (Å²) >= 11 is 3.63. The van der Waals surface area contributed by atoms with E-state index in [1.54, 1.807) is 0 Å². The van der Waals surface area contributed by atoms with E-state index < -0.39 is 0 Å². The molecular weight excluding hydrogens is 262 g/mol. The van der Waals surface area contributed by atoms with Gasteiger partial charge in [-0.1, -0.05) is 41.1 Å². The van der Waals surface area contributed by atoms with Crippen LogP contribution in [-0.4, -0.2) is 18.0 Å². The summed E-state index contributed by atoms with van der Waals surface area (Å²) in [5, 5.41) is 0. The molecule has 0 bridgehead atoms. The van der Waals surface area contributed by atoms with Crippen molar-refractivity contribution in [2.24, 2.45) is 5.92 Å². The summed E-state index contributed by atoms with van der Waals surface area (Å²) in [5.74, 6) is 0.907. The fraction of sp³-hybridized carbons (Fsp3) is 0.571. The normalized spacial score (nSPS) is 23.0. The van der Waals surface area contributed by atoms with Gasteiger partial charge in [0, 0.05) is 11.0 Å². The zero-order chi connectivity index (χ0) is 11.4. The SMILES string of the molecule is CC1CCCN(Cc2ccccc2Br)CC1. The molecule has 0 spiro atoms. The Morgan fingerprint density at radius 1 is 1.25 bits per heavy atom. The van der Waals surface area contributed by atoms with Crippen LogP contribution < -0.4 is 0 Å². The summed E-state index contributed by atoms with van der Waals surface area (Å²) in [6, 6.07) is 8.56. The quantitative estimate of drug-likeness (QED) is 0.790. The topological polar surface area (TPSA) is 3.24 Å². The molecule has 1 aliphatic rings. The Kier molecular flexibility index (Phi) is 4.42. The first kappa shape index (κ1) is 12.1. The third-order valence-electron chi connectivity index (χ3n) is 3.46. The second-order valence-corrected chi connectivity index (χ2v) is 5.76. The van der Waals surface area contributed by atoms with E-state index in [4.69, 9.17) is 0 Å². The average molecular weight is 282 g/mol. The molecule has 1 unspecified atom stereocenters. The van der Waals surface area contributed by atoms with Gasteiger partial charge in [0.2, 0.25) is 0 Å². The summed E-state index contributed by atoms with van der Waals surface area (Å²) in [4.78, 5) is 2.59. The van der Waals surface area contributed by atoms with Crippen molar-refractivity contribution in [3.8, 4) is 0 Å². The number of hydrogen-bond acceptors (Lipinski definition) is 1. The van der Waals surface area contributed by atoms with E-state index in [-0.39, 0.29) is 0 Å².